The maximum Gasteiger partial charge on any atom is 0.222 e. The lowest BCUT2D eigenvalue weighted by Gasteiger charge is -2.28. The van der Waals surface area contributed by atoms with Gasteiger partial charge in [0.05, 0.1) is 6.10 Å². The van der Waals surface area contributed by atoms with Gasteiger partial charge in [-0.05, 0) is 63.8 Å². The maximum absolute atomic E-state index is 12.6. The Bertz CT molecular complexity index is 332. The van der Waals surface area contributed by atoms with E-state index in [0.29, 0.717) is 24.5 Å². The zero-order chi connectivity index (χ0) is 14.5. The highest BCUT2D eigenvalue weighted by Gasteiger charge is 2.29. The number of hydrogen-bond donors (Lipinski definition) is 1. The number of rotatable bonds is 7. The summed E-state index contributed by atoms with van der Waals surface area (Å²) >= 11 is 0. The van der Waals surface area contributed by atoms with E-state index in [1.807, 2.05) is 0 Å². The van der Waals surface area contributed by atoms with Crippen molar-refractivity contribution >= 4 is 5.91 Å². The molecule has 2 unspecified atom stereocenters. The molecule has 0 aromatic rings. The molecule has 0 aromatic heterocycles. The summed E-state index contributed by atoms with van der Waals surface area (Å²) in [5.41, 5.74) is 0. The summed E-state index contributed by atoms with van der Waals surface area (Å²) in [4.78, 5) is 14.7. The average molecular weight is 294 g/mol. The van der Waals surface area contributed by atoms with E-state index in [2.05, 4.69) is 10.2 Å². The van der Waals surface area contributed by atoms with Crippen LogP contribution in [0, 0.1) is 5.92 Å². The van der Waals surface area contributed by atoms with Crippen LogP contribution in [0.25, 0.3) is 0 Å². The minimum Gasteiger partial charge on any atom is -0.378 e. The van der Waals surface area contributed by atoms with Gasteiger partial charge < -0.3 is 15.0 Å². The lowest BCUT2D eigenvalue weighted by molar-refractivity contribution is -0.132. The fraction of sp³-hybridized carbons (Fsp3) is 0.941. The lowest BCUT2D eigenvalue weighted by atomic mass is 10.0. The highest BCUT2D eigenvalue weighted by molar-refractivity contribution is 5.76. The zero-order valence-corrected chi connectivity index (χ0v) is 13.2. The van der Waals surface area contributed by atoms with Gasteiger partial charge in [0, 0.05) is 32.2 Å². The number of carbonyl (C=O) groups is 1. The summed E-state index contributed by atoms with van der Waals surface area (Å²) in [6.45, 7) is 3.91. The highest BCUT2D eigenvalue weighted by Crippen LogP contribution is 2.30. The molecule has 4 heteroatoms. The van der Waals surface area contributed by atoms with Crippen molar-refractivity contribution in [1.29, 1.82) is 0 Å². The summed E-state index contributed by atoms with van der Waals surface area (Å²) < 4.78 is 5.75. The first-order valence-electron chi connectivity index (χ1n) is 8.94. The van der Waals surface area contributed by atoms with Gasteiger partial charge in [0.25, 0.3) is 0 Å². The Balaban J connectivity index is 1.44. The molecule has 0 bridgehead atoms. The summed E-state index contributed by atoms with van der Waals surface area (Å²) in [5, 5.41) is 3.52. The van der Waals surface area contributed by atoms with Gasteiger partial charge in [-0.3, -0.25) is 4.79 Å². The second kappa shape index (κ2) is 7.59. The fourth-order valence-corrected chi connectivity index (χ4v) is 3.55. The molecule has 2 atom stereocenters. The molecular weight excluding hydrogens is 264 g/mol. The molecule has 2 aliphatic heterocycles. The normalized spacial score (nSPS) is 29.5. The van der Waals surface area contributed by atoms with E-state index < -0.39 is 0 Å². The van der Waals surface area contributed by atoms with Crippen LogP contribution in [0.2, 0.25) is 0 Å². The Kier molecular flexibility index (Phi) is 5.53. The molecule has 1 N–H and O–H groups in total. The fourth-order valence-electron chi connectivity index (χ4n) is 3.55. The van der Waals surface area contributed by atoms with Gasteiger partial charge in [0.2, 0.25) is 5.91 Å². The molecule has 0 aromatic carbocycles. The first-order chi connectivity index (χ1) is 10.3. The first kappa shape index (κ1) is 15.3. The molecule has 3 rings (SSSR count). The third-order valence-corrected chi connectivity index (χ3v) is 5.09. The molecule has 120 valence electrons. The summed E-state index contributed by atoms with van der Waals surface area (Å²) in [5.74, 6) is 1.13. The highest BCUT2D eigenvalue weighted by atomic mass is 16.5. The van der Waals surface area contributed by atoms with Crippen molar-refractivity contribution in [1.82, 2.24) is 10.2 Å². The van der Waals surface area contributed by atoms with Gasteiger partial charge in [-0.15, -0.1) is 0 Å². The Hall–Kier alpha value is -0.610. The van der Waals surface area contributed by atoms with Crippen molar-refractivity contribution in [2.24, 2.45) is 5.92 Å². The van der Waals surface area contributed by atoms with E-state index in [0.717, 1.165) is 45.0 Å². The van der Waals surface area contributed by atoms with Crippen LogP contribution < -0.4 is 5.32 Å². The molecule has 2 heterocycles. The molecular formula is C17H30N2O2. The van der Waals surface area contributed by atoms with Crippen LogP contribution in [0.15, 0.2) is 0 Å². The van der Waals surface area contributed by atoms with E-state index in [1.54, 1.807) is 0 Å². The van der Waals surface area contributed by atoms with Crippen molar-refractivity contribution < 1.29 is 9.53 Å². The van der Waals surface area contributed by atoms with Crippen LogP contribution in [0.3, 0.4) is 0 Å². The molecule has 0 radical (unpaired) electrons. The van der Waals surface area contributed by atoms with E-state index in [9.17, 15) is 4.79 Å². The van der Waals surface area contributed by atoms with Crippen molar-refractivity contribution in [2.45, 2.75) is 69.9 Å². The van der Waals surface area contributed by atoms with Crippen molar-refractivity contribution in [2.75, 3.05) is 26.2 Å². The van der Waals surface area contributed by atoms with Crippen LogP contribution in [0.4, 0.5) is 0 Å². The topological polar surface area (TPSA) is 41.6 Å². The Morgan fingerprint density at radius 2 is 2.00 bits per heavy atom. The Morgan fingerprint density at radius 1 is 1.10 bits per heavy atom. The molecule has 3 fully saturated rings. The third-order valence-electron chi connectivity index (χ3n) is 5.09. The standard InChI is InChI=1S/C17H30N2O2/c20-17(9-8-16-5-1-2-11-21-16)19(12-14-6-7-14)13-15-4-3-10-18-15/h14-16,18H,1-13H2. The predicted octanol–water partition coefficient (Wildman–Crippen LogP) is 2.33. The molecule has 3 aliphatic rings. The van der Waals surface area contributed by atoms with Gasteiger partial charge in [-0.1, -0.05) is 0 Å². The van der Waals surface area contributed by atoms with E-state index in [4.69, 9.17) is 4.74 Å². The number of hydrogen-bond acceptors (Lipinski definition) is 3. The molecule has 0 spiro atoms. The van der Waals surface area contributed by atoms with Gasteiger partial charge >= 0.3 is 0 Å². The molecule has 2 saturated heterocycles. The Labute approximate surface area is 128 Å². The largest absolute Gasteiger partial charge is 0.378 e. The van der Waals surface area contributed by atoms with Crippen LogP contribution in [-0.2, 0) is 9.53 Å². The summed E-state index contributed by atoms with van der Waals surface area (Å²) in [6, 6.07) is 0.527. The van der Waals surface area contributed by atoms with Gasteiger partial charge in [-0.2, -0.15) is 0 Å². The number of nitrogens with zero attached hydrogens (tertiary/aromatic N) is 1. The monoisotopic (exact) mass is 294 g/mol. The van der Waals surface area contributed by atoms with Crippen molar-refractivity contribution in [3.8, 4) is 0 Å². The van der Waals surface area contributed by atoms with Crippen LogP contribution in [0.1, 0.15) is 57.8 Å². The number of nitrogens with one attached hydrogen (secondary N) is 1. The van der Waals surface area contributed by atoms with Gasteiger partial charge in [0.15, 0.2) is 0 Å². The summed E-state index contributed by atoms with van der Waals surface area (Å²) in [6.07, 6.45) is 10.6. The third kappa shape index (κ3) is 4.96. The summed E-state index contributed by atoms with van der Waals surface area (Å²) in [7, 11) is 0. The van der Waals surface area contributed by atoms with Crippen molar-refractivity contribution in [3.63, 3.8) is 0 Å². The molecule has 4 nitrogen and oxygen atoms in total. The van der Waals surface area contributed by atoms with Crippen LogP contribution in [-0.4, -0.2) is 49.2 Å². The van der Waals surface area contributed by atoms with Gasteiger partial charge in [0.1, 0.15) is 0 Å². The number of ether oxygens (including phenoxy) is 1. The molecule has 21 heavy (non-hydrogen) atoms. The zero-order valence-electron chi connectivity index (χ0n) is 13.2. The average Bonchev–Trinajstić information content (AvgIpc) is 3.18. The second-order valence-electron chi connectivity index (χ2n) is 7.06. The minimum atomic E-state index is 0.329. The minimum absolute atomic E-state index is 0.329. The quantitative estimate of drug-likeness (QED) is 0.783. The number of carbonyl (C=O) groups excluding carboxylic acids is 1. The van der Waals surface area contributed by atoms with Crippen LogP contribution >= 0.6 is 0 Å². The maximum atomic E-state index is 12.6. The smallest absolute Gasteiger partial charge is 0.222 e. The number of amides is 1. The van der Waals surface area contributed by atoms with Crippen LogP contribution in [0.5, 0.6) is 0 Å². The molecule has 1 saturated carbocycles. The van der Waals surface area contributed by atoms with E-state index in [-0.39, 0.29) is 0 Å². The van der Waals surface area contributed by atoms with E-state index >= 15 is 0 Å². The Morgan fingerprint density at radius 3 is 2.67 bits per heavy atom. The molecule has 1 amide bonds. The molecule has 1 aliphatic carbocycles. The SMILES string of the molecule is O=C(CCC1CCCCO1)N(CC1CC1)CC1CCCN1. The van der Waals surface area contributed by atoms with Crippen molar-refractivity contribution in [3.05, 3.63) is 0 Å². The lowest BCUT2D eigenvalue weighted by Crippen LogP contribution is -2.42. The second-order valence-corrected chi connectivity index (χ2v) is 7.06. The van der Waals surface area contributed by atoms with Gasteiger partial charge in [-0.25, -0.2) is 0 Å². The van der Waals surface area contributed by atoms with E-state index in [1.165, 1.54) is 38.5 Å². The first-order valence-corrected chi connectivity index (χ1v) is 8.94. The predicted molar refractivity (Wildman–Crippen MR) is 83.2 cm³/mol.